The first-order chi connectivity index (χ1) is 18.6. The van der Waals surface area contributed by atoms with Gasteiger partial charge < -0.3 is 15.5 Å². The van der Waals surface area contributed by atoms with E-state index in [2.05, 4.69) is 32.5 Å². The van der Waals surface area contributed by atoms with E-state index >= 15 is 0 Å². The molecule has 10 heteroatoms. The molecule has 1 fully saturated rings. The molecule has 0 unspecified atom stereocenters. The van der Waals surface area contributed by atoms with Gasteiger partial charge in [-0.05, 0) is 99.1 Å². The summed E-state index contributed by atoms with van der Waals surface area (Å²) in [5, 5.41) is 6.41. The van der Waals surface area contributed by atoms with E-state index in [-0.39, 0.29) is 5.69 Å². The fraction of sp³-hybridized carbons (Fsp3) is 0.276. The highest BCUT2D eigenvalue weighted by Crippen LogP contribution is 2.36. The van der Waals surface area contributed by atoms with Crippen LogP contribution in [0.1, 0.15) is 34.3 Å². The molecule has 202 valence electrons. The number of carbonyl (C=O) groups is 1. The second-order valence-corrected chi connectivity index (χ2v) is 10.3. The van der Waals surface area contributed by atoms with Crippen molar-refractivity contribution in [3.8, 4) is 11.1 Å². The Bertz CT molecular complexity index is 1530. The zero-order valence-electron chi connectivity index (χ0n) is 21.4. The predicted octanol–water partition coefficient (Wildman–Crippen LogP) is 7.04. The smallest absolute Gasteiger partial charge is 0.351 e. The number of fused-ring (bicyclic) bond motifs is 1. The van der Waals surface area contributed by atoms with E-state index in [1.165, 1.54) is 6.07 Å². The number of anilines is 2. The average molecular weight is 554 g/mol. The van der Waals surface area contributed by atoms with Crippen molar-refractivity contribution in [3.05, 3.63) is 82.5 Å². The maximum Gasteiger partial charge on any atom is 0.417 e. The highest BCUT2D eigenvalue weighted by Gasteiger charge is 2.33. The predicted molar refractivity (Wildman–Crippen MR) is 148 cm³/mol. The van der Waals surface area contributed by atoms with Gasteiger partial charge in [-0.1, -0.05) is 23.7 Å². The van der Waals surface area contributed by atoms with Crippen molar-refractivity contribution < 1.29 is 18.0 Å². The van der Waals surface area contributed by atoms with Crippen LogP contribution in [0, 0.1) is 6.92 Å². The molecule has 0 atom stereocenters. The van der Waals surface area contributed by atoms with Crippen molar-refractivity contribution >= 4 is 40.0 Å². The minimum atomic E-state index is -4.63. The number of aromatic nitrogens is 2. The summed E-state index contributed by atoms with van der Waals surface area (Å²) in [5.41, 5.74) is 2.76. The van der Waals surface area contributed by atoms with Crippen LogP contribution in [0.5, 0.6) is 0 Å². The monoisotopic (exact) mass is 553 g/mol. The van der Waals surface area contributed by atoms with E-state index in [0.29, 0.717) is 17.6 Å². The second kappa shape index (κ2) is 10.8. The van der Waals surface area contributed by atoms with Crippen LogP contribution in [0.25, 0.3) is 22.0 Å². The molecular weight excluding hydrogens is 527 g/mol. The third kappa shape index (κ3) is 6.15. The van der Waals surface area contributed by atoms with Gasteiger partial charge in [-0.3, -0.25) is 4.79 Å². The third-order valence-electron chi connectivity index (χ3n) is 6.97. The van der Waals surface area contributed by atoms with E-state index in [4.69, 9.17) is 11.6 Å². The molecule has 2 heterocycles. The van der Waals surface area contributed by atoms with Crippen molar-refractivity contribution in [2.75, 3.05) is 30.8 Å². The lowest BCUT2D eigenvalue weighted by molar-refractivity contribution is -0.137. The van der Waals surface area contributed by atoms with E-state index in [9.17, 15) is 18.0 Å². The molecule has 1 saturated heterocycles. The molecule has 39 heavy (non-hydrogen) atoms. The fourth-order valence-electron chi connectivity index (χ4n) is 4.70. The van der Waals surface area contributed by atoms with Crippen LogP contribution >= 0.6 is 11.6 Å². The Morgan fingerprint density at radius 3 is 2.56 bits per heavy atom. The Morgan fingerprint density at radius 1 is 1.05 bits per heavy atom. The van der Waals surface area contributed by atoms with Gasteiger partial charge >= 0.3 is 6.18 Å². The Kier molecular flexibility index (Phi) is 7.46. The van der Waals surface area contributed by atoms with Gasteiger partial charge in [0.1, 0.15) is 0 Å². The highest BCUT2D eigenvalue weighted by atomic mass is 35.5. The van der Waals surface area contributed by atoms with Gasteiger partial charge in [0.25, 0.3) is 5.91 Å². The van der Waals surface area contributed by atoms with E-state index in [0.717, 1.165) is 65.7 Å². The van der Waals surface area contributed by atoms with Gasteiger partial charge in [0, 0.05) is 28.9 Å². The summed E-state index contributed by atoms with van der Waals surface area (Å²) in [5.74, 6) is 0.0796. The Hall–Kier alpha value is -3.69. The molecule has 5 rings (SSSR count). The third-order valence-corrected chi connectivity index (χ3v) is 7.30. The van der Waals surface area contributed by atoms with Crippen molar-refractivity contribution in [3.63, 3.8) is 0 Å². The number of carbonyl (C=O) groups excluding carboxylic acids is 1. The zero-order valence-corrected chi connectivity index (χ0v) is 22.2. The molecule has 4 aromatic rings. The molecule has 0 aliphatic carbocycles. The maximum atomic E-state index is 13.2. The van der Waals surface area contributed by atoms with E-state index < -0.39 is 22.7 Å². The lowest BCUT2D eigenvalue weighted by atomic mass is 9.97. The minimum absolute atomic E-state index is 0.00589. The maximum absolute atomic E-state index is 13.2. The molecule has 0 radical (unpaired) electrons. The minimum Gasteiger partial charge on any atom is -0.351 e. The Balaban J connectivity index is 1.36. The largest absolute Gasteiger partial charge is 0.417 e. The molecule has 3 aromatic carbocycles. The van der Waals surface area contributed by atoms with Crippen LogP contribution in [0.15, 0.2) is 60.8 Å². The van der Waals surface area contributed by atoms with Gasteiger partial charge in [-0.15, -0.1) is 0 Å². The number of nitrogens with zero attached hydrogens (tertiary/aromatic N) is 3. The molecule has 1 aliphatic rings. The summed E-state index contributed by atoms with van der Waals surface area (Å²) < 4.78 is 39.6. The highest BCUT2D eigenvalue weighted by molar-refractivity contribution is 6.31. The first kappa shape index (κ1) is 26.9. The summed E-state index contributed by atoms with van der Waals surface area (Å²) in [6, 6.07) is 14.6. The number of nitrogens with one attached hydrogen (secondary N) is 2. The van der Waals surface area contributed by atoms with Gasteiger partial charge in [-0.2, -0.15) is 13.2 Å². The van der Waals surface area contributed by atoms with E-state index in [1.807, 2.05) is 31.2 Å². The number of hydrogen-bond donors (Lipinski definition) is 2. The van der Waals surface area contributed by atoms with Gasteiger partial charge in [-0.25, -0.2) is 9.97 Å². The number of benzene rings is 3. The lowest BCUT2D eigenvalue weighted by Crippen LogP contribution is -2.37. The van der Waals surface area contributed by atoms with Crippen LogP contribution in [0.3, 0.4) is 0 Å². The summed E-state index contributed by atoms with van der Waals surface area (Å²) in [4.78, 5) is 24.4. The summed E-state index contributed by atoms with van der Waals surface area (Å²) in [7, 11) is 2.12. The van der Waals surface area contributed by atoms with Crippen molar-refractivity contribution in [2.24, 2.45) is 0 Å². The average Bonchev–Trinajstić information content (AvgIpc) is 2.90. The molecule has 1 amide bonds. The number of amides is 1. The number of rotatable bonds is 5. The second-order valence-electron chi connectivity index (χ2n) is 9.87. The Labute approximate surface area is 229 Å². The molecule has 1 aliphatic heterocycles. The molecule has 2 N–H and O–H groups in total. The number of alkyl halides is 3. The standard InChI is InChI=1S/C29H27ClF3N5O/c1-17-3-4-19(27(39)35-22-6-7-25(30)24(15-22)29(31,32)33)14-23(17)18-5-8-26-20(13-18)16-34-28(37-26)36-21-9-11-38(2)12-10-21/h3-8,13-16,21H,9-12H2,1-2H3,(H,35,39)(H,34,36,37). The van der Waals surface area contributed by atoms with Crippen LogP contribution in [0.4, 0.5) is 24.8 Å². The number of hydrogen-bond acceptors (Lipinski definition) is 5. The molecule has 1 aromatic heterocycles. The quantitative estimate of drug-likeness (QED) is 0.277. The first-order valence-electron chi connectivity index (χ1n) is 12.6. The summed E-state index contributed by atoms with van der Waals surface area (Å²) >= 11 is 5.69. The van der Waals surface area contributed by atoms with Crippen LogP contribution in [-0.2, 0) is 6.18 Å². The van der Waals surface area contributed by atoms with Crippen molar-refractivity contribution in [1.29, 1.82) is 0 Å². The number of aryl methyl sites for hydroxylation is 1. The molecule has 0 saturated carbocycles. The van der Waals surface area contributed by atoms with Crippen LogP contribution in [-0.4, -0.2) is 47.0 Å². The topological polar surface area (TPSA) is 70.2 Å². The molecule has 0 spiro atoms. The number of likely N-dealkylation sites (tertiary alicyclic amines) is 1. The molecule has 0 bridgehead atoms. The van der Waals surface area contributed by atoms with E-state index in [1.54, 1.807) is 18.3 Å². The molecular formula is C29H27ClF3N5O. The number of halogens is 4. The summed E-state index contributed by atoms with van der Waals surface area (Å²) in [6.45, 7) is 4.01. The Morgan fingerprint density at radius 2 is 1.82 bits per heavy atom. The van der Waals surface area contributed by atoms with Crippen LogP contribution < -0.4 is 10.6 Å². The zero-order chi connectivity index (χ0) is 27.7. The van der Waals surface area contributed by atoms with Crippen LogP contribution in [0.2, 0.25) is 5.02 Å². The van der Waals surface area contributed by atoms with Crippen molar-refractivity contribution in [1.82, 2.24) is 14.9 Å². The first-order valence-corrected chi connectivity index (χ1v) is 13.0. The van der Waals surface area contributed by atoms with Gasteiger partial charge in [0.05, 0.1) is 16.1 Å². The fourth-order valence-corrected chi connectivity index (χ4v) is 4.93. The van der Waals surface area contributed by atoms with Gasteiger partial charge in [0.2, 0.25) is 5.95 Å². The van der Waals surface area contributed by atoms with Crippen molar-refractivity contribution in [2.45, 2.75) is 32.0 Å². The SMILES string of the molecule is Cc1ccc(C(=O)Nc2ccc(Cl)c(C(F)(F)F)c2)cc1-c1ccc2nc(NC3CCN(C)CC3)ncc2c1. The number of piperidine rings is 1. The lowest BCUT2D eigenvalue weighted by Gasteiger charge is -2.29. The summed E-state index contributed by atoms with van der Waals surface area (Å²) in [6.07, 6.45) is -0.755. The van der Waals surface area contributed by atoms with Gasteiger partial charge in [0.15, 0.2) is 0 Å². The normalized spacial score (nSPS) is 14.9. The molecule has 6 nitrogen and oxygen atoms in total.